The summed E-state index contributed by atoms with van der Waals surface area (Å²) in [5.41, 5.74) is 6.44. The first-order valence-electron chi connectivity index (χ1n) is 5.25. The molecule has 4 N–H and O–H groups in total. The van der Waals surface area contributed by atoms with E-state index in [1.54, 1.807) is 12.4 Å². The Morgan fingerprint density at radius 1 is 1.44 bits per heavy atom. The number of nitrogens with zero attached hydrogens (tertiary/aromatic N) is 3. The molecule has 86 valence electrons. The monoisotopic (exact) mass is 221 g/mol. The SMILES string of the molecule is Nc1cn2ccnc2c(NCCCCO)n1. The third kappa shape index (κ3) is 2.22. The summed E-state index contributed by atoms with van der Waals surface area (Å²) in [4.78, 5) is 8.38. The van der Waals surface area contributed by atoms with E-state index in [4.69, 9.17) is 10.8 Å². The second-order valence-electron chi connectivity index (χ2n) is 3.53. The van der Waals surface area contributed by atoms with Crippen molar-refractivity contribution in [1.29, 1.82) is 0 Å². The maximum atomic E-state index is 8.67. The zero-order valence-electron chi connectivity index (χ0n) is 8.93. The molecule has 0 fully saturated rings. The minimum atomic E-state index is 0.213. The Balaban J connectivity index is 2.12. The average molecular weight is 221 g/mol. The van der Waals surface area contributed by atoms with Crippen molar-refractivity contribution < 1.29 is 5.11 Å². The second kappa shape index (κ2) is 4.80. The molecule has 2 aromatic heterocycles. The highest BCUT2D eigenvalue weighted by Crippen LogP contribution is 2.14. The lowest BCUT2D eigenvalue weighted by Gasteiger charge is -2.07. The predicted octanol–water partition coefficient (Wildman–Crippen LogP) is 0.496. The Hall–Kier alpha value is -1.82. The largest absolute Gasteiger partial charge is 0.396 e. The fourth-order valence-electron chi connectivity index (χ4n) is 1.51. The van der Waals surface area contributed by atoms with E-state index in [0.717, 1.165) is 25.0 Å². The summed E-state index contributed by atoms with van der Waals surface area (Å²) in [6.45, 7) is 0.963. The minimum Gasteiger partial charge on any atom is -0.396 e. The number of imidazole rings is 1. The van der Waals surface area contributed by atoms with E-state index in [1.165, 1.54) is 0 Å². The number of rotatable bonds is 5. The van der Waals surface area contributed by atoms with Crippen molar-refractivity contribution in [2.45, 2.75) is 12.8 Å². The zero-order valence-corrected chi connectivity index (χ0v) is 8.93. The van der Waals surface area contributed by atoms with Gasteiger partial charge in [0.15, 0.2) is 11.5 Å². The minimum absolute atomic E-state index is 0.213. The highest BCUT2D eigenvalue weighted by molar-refractivity contribution is 5.64. The van der Waals surface area contributed by atoms with E-state index < -0.39 is 0 Å². The third-order valence-electron chi connectivity index (χ3n) is 2.27. The van der Waals surface area contributed by atoms with Gasteiger partial charge in [0.1, 0.15) is 5.82 Å². The van der Waals surface area contributed by atoms with Crippen LogP contribution >= 0.6 is 0 Å². The second-order valence-corrected chi connectivity index (χ2v) is 3.53. The fourth-order valence-corrected chi connectivity index (χ4v) is 1.51. The molecule has 2 heterocycles. The normalized spacial score (nSPS) is 10.8. The van der Waals surface area contributed by atoms with Crippen molar-refractivity contribution in [1.82, 2.24) is 14.4 Å². The zero-order chi connectivity index (χ0) is 11.4. The van der Waals surface area contributed by atoms with Crippen LogP contribution in [-0.4, -0.2) is 32.6 Å². The van der Waals surface area contributed by atoms with Crippen LogP contribution in [-0.2, 0) is 0 Å². The Kier molecular flexibility index (Phi) is 3.21. The molecule has 2 rings (SSSR count). The number of unbranched alkanes of at least 4 members (excludes halogenated alkanes) is 1. The first-order valence-corrected chi connectivity index (χ1v) is 5.25. The van der Waals surface area contributed by atoms with E-state index in [1.807, 2.05) is 10.6 Å². The molecule has 6 nitrogen and oxygen atoms in total. The molecule has 2 aromatic rings. The van der Waals surface area contributed by atoms with E-state index >= 15 is 0 Å². The molecule has 0 saturated heterocycles. The van der Waals surface area contributed by atoms with Crippen LogP contribution in [0.4, 0.5) is 11.6 Å². The van der Waals surface area contributed by atoms with Crippen LogP contribution in [0, 0.1) is 0 Å². The number of hydrogen-bond donors (Lipinski definition) is 3. The number of aliphatic hydroxyl groups excluding tert-OH is 1. The van der Waals surface area contributed by atoms with Gasteiger partial charge in [-0.05, 0) is 12.8 Å². The van der Waals surface area contributed by atoms with Crippen molar-refractivity contribution in [2.75, 3.05) is 24.2 Å². The van der Waals surface area contributed by atoms with E-state index in [2.05, 4.69) is 15.3 Å². The first kappa shape index (κ1) is 10.7. The van der Waals surface area contributed by atoms with Gasteiger partial charge >= 0.3 is 0 Å². The average Bonchev–Trinajstić information content (AvgIpc) is 2.72. The summed E-state index contributed by atoms with van der Waals surface area (Å²) in [5, 5.41) is 11.8. The van der Waals surface area contributed by atoms with Gasteiger partial charge in [-0.15, -0.1) is 0 Å². The Labute approximate surface area is 93.1 Å². The third-order valence-corrected chi connectivity index (χ3v) is 2.27. The molecule has 0 saturated carbocycles. The highest BCUT2D eigenvalue weighted by Gasteiger charge is 2.04. The van der Waals surface area contributed by atoms with Gasteiger partial charge in [0.2, 0.25) is 0 Å². The van der Waals surface area contributed by atoms with Gasteiger partial charge in [0.25, 0.3) is 0 Å². The van der Waals surface area contributed by atoms with Crippen molar-refractivity contribution in [3.63, 3.8) is 0 Å². The maximum absolute atomic E-state index is 8.67. The molecule has 0 amide bonds. The number of aromatic nitrogens is 3. The summed E-state index contributed by atoms with van der Waals surface area (Å²) in [5.74, 6) is 1.14. The predicted molar refractivity (Wildman–Crippen MR) is 62.2 cm³/mol. The number of hydrogen-bond acceptors (Lipinski definition) is 5. The van der Waals surface area contributed by atoms with Crippen LogP contribution in [0.15, 0.2) is 18.6 Å². The maximum Gasteiger partial charge on any atom is 0.180 e. The summed E-state index contributed by atoms with van der Waals surface area (Å²) in [6.07, 6.45) is 6.92. The van der Waals surface area contributed by atoms with Gasteiger partial charge in [-0.1, -0.05) is 0 Å². The molecule has 6 heteroatoms. The van der Waals surface area contributed by atoms with Gasteiger partial charge < -0.3 is 20.6 Å². The van der Waals surface area contributed by atoms with Crippen LogP contribution in [0.25, 0.3) is 5.65 Å². The smallest absolute Gasteiger partial charge is 0.180 e. The summed E-state index contributed by atoms with van der Waals surface area (Å²) < 4.78 is 1.83. The molecule has 16 heavy (non-hydrogen) atoms. The van der Waals surface area contributed by atoms with Crippen LogP contribution in [0.5, 0.6) is 0 Å². The number of nitrogens with one attached hydrogen (secondary N) is 1. The van der Waals surface area contributed by atoms with Crippen LogP contribution in [0.1, 0.15) is 12.8 Å². The quantitative estimate of drug-likeness (QED) is 0.640. The van der Waals surface area contributed by atoms with Crippen LogP contribution in [0.2, 0.25) is 0 Å². The Morgan fingerprint density at radius 2 is 2.31 bits per heavy atom. The summed E-state index contributed by atoms with van der Waals surface area (Å²) >= 11 is 0. The topological polar surface area (TPSA) is 88.5 Å². The molecule has 0 radical (unpaired) electrons. The molecule has 0 bridgehead atoms. The van der Waals surface area contributed by atoms with E-state index in [9.17, 15) is 0 Å². The molecule has 0 aliphatic rings. The Bertz CT molecular complexity index is 467. The van der Waals surface area contributed by atoms with E-state index in [0.29, 0.717) is 11.6 Å². The van der Waals surface area contributed by atoms with Crippen molar-refractivity contribution in [3.05, 3.63) is 18.6 Å². The molecule has 0 aliphatic carbocycles. The first-order chi connectivity index (χ1) is 7.81. The molecule has 0 spiro atoms. The van der Waals surface area contributed by atoms with E-state index in [-0.39, 0.29) is 6.61 Å². The molecular weight excluding hydrogens is 206 g/mol. The fraction of sp³-hybridized carbons (Fsp3) is 0.400. The molecule has 0 unspecified atom stereocenters. The van der Waals surface area contributed by atoms with Crippen molar-refractivity contribution in [2.24, 2.45) is 0 Å². The highest BCUT2D eigenvalue weighted by atomic mass is 16.2. The Morgan fingerprint density at radius 3 is 3.12 bits per heavy atom. The summed E-state index contributed by atoms with van der Waals surface area (Å²) in [7, 11) is 0. The van der Waals surface area contributed by atoms with Crippen LogP contribution < -0.4 is 11.1 Å². The van der Waals surface area contributed by atoms with Gasteiger partial charge in [-0.3, -0.25) is 0 Å². The number of nitrogens with two attached hydrogens (primary N) is 1. The molecular formula is C10H15N5O. The standard InChI is InChI=1S/C10H15N5O/c11-8-7-15-5-4-13-10(15)9(14-8)12-3-1-2-6-16/h4-5,7,16H,1-3,6,11H2,(H,12,14). The van der Waals surface area contributed by atoms with Crippen molar-refractivity contribution >= 4 is 17.3 Å². The summed E-state index contributed by atoms with van der Waals surface area (Å²) in [6, 6.07) is 0. The van der Waals surface area contributed by atoms with Gasteiger partial charge in [0, 0.05) is 25.5 Å². The molecule has 0 atom stereocenters. The molecule has 0 aromatic carbocycles. The molecule has 0 aliphatic heterocycles. The number of aliphatic hydroxyl groups is 1. The number of nitrogen functional groups attached to an aromatic ring is 1. The van der Waals surface area contributed by atoms with Crippen LogP contribution in [0.3, 0.4) is 0 Å². The number of anilines is 2. The lowest BCUT2D eigenvalue weighted by Crippen LogP contribution is -2.07. The lowest BCUT2D eigenvalue weighted by molar-refractivity contribution is 0.286. The van der Waals surface area contributed by atoms with Gasteiger partial charge in [-0.2, -0.15) is 0 Å². The number of fused-ring (bicyclic) bond motifs is 1. The lowest BCUT2D eigenvalue weighted by atomic mass is 10.3. The van der Waals surface area contributed by atoms with Gasteiger partial charge in [-0.25, -0.2) is 9.97 Å². The van der Waals surface area contributed by atoms with Crippen molar-refractivity contribution in [3.8, 4) is 0 Å². The van der Waals surface area contributed by atoms with Gasteiger partial charge in [0.05, 0.1) is 6.20 Å².